The number of rotatable bonds is 3. The van der Waals surface area contributed by atoms with Crippen LogP contribution in [-0.4, -0.2) is 12.0 Å². The van der Waals surface area contributed by atoms with Crippen LogP contribution in [0.3, 0.4) is 0 Å². The van der Waals surface area contributed by atoms with Crippen molar-refractivity contribution in [2.45, 2.75) is 18.4 Å². The van der Waals surface area contributed by atoms with Crippen molar-refractivity contribution in [2.75, 3.05) is 12.4 Å². The number of hydrogen-bond donors (Lipinski definition) is 1. The second-order valence-corrected chi connectivity index (χ2v) is 7.35. The molecule has 1 heterocycles. The van der Waals surface area contributed by atoms with Crippen LogP contribution >= 0.6 is 23.2 Å². The van der Waals surface area contributed by atoms with E-state index in [1.54, 1.807) is 12.1 Å². The van der Waals surface area contributed by atoms with Crippen LogP contribution in [0, 0.1) is 16.0 Å². The Morgan fingerprint density at radius 1 is 1.23 bits per heavy atom. The number of fused-ring (bicyclic) bond motifs is 3. The van der Waals surface area contributed by atoms with Crippen LogP contribution < -0.4 is 10.1 Å². The van der Waals surface area contributed by atoms with Gasteiger partial charge in [0, 0.05) is 22.0 Å². The first kappa shape index (κ1) is 17.2. The third kappa shape index (κ3) is 2.72. The largest absolute Gasteiger partial charge is 0.494 e. The number of hydrogen-bond acceptors (Lipinski definition) is 4. The Morgan fingerprint density at radius 3 is 2.73 bits per heavy atom. The summed E-state index contributed by atoms with van der Waals surface area (Å²) in [5, 5.41) is 16.0. The van der Waals surface area contributed by atoms with Gasteiger partial charge in [0.05, 0.1) is 29.8 Å². The van der Waals surface area contributed by atoms with Gasteiger partial charge in [0.15, 0.2) is 0 Å². The molecule has 0 fully saturated rings. The maximum atomic E-state index is 11.3. The van der Waals surface area contributed by atoms with E-state index in [-0.39, 0.29) is 23.6 Å². The number of ether oxygens (including phenoxy) is 1. The summed E-state index contributed by atoms with van der Waals surface area (Å²) in [5.74, 6) is 0.743. The van der Waals surface area contributed by atoms with Gasteiger partial charge < -0.3 is 10.1 Å². The molecule has 5 nitrogen and oxygen atoms in total. The molecule has 0 spiro atoms. The monoisotopic (exact) mass is 390 g/mol. The lowest BCUT2D eigenvalue weighted by atomic mass is 9.76. The fourth-order valence-electron chi connectivity index (χ4n) is 3.98. The van der Waals surface area contributed by atoms with Gasteiger partial charge in [-0.15, -0.1) is 0 Å². The van der Waals surface area contributed by atoms with Gasteiger partial charge in [0.1, 0.15) is 5.75 Å². The average molecular weight is 391 g/mol. The molecule has 0 amide bonds. The maximum absolute atomic E-state index is 11.3. The van der Waals surface area contributed by atoms with Gasteiger partial charge in [-0.2, -0.15) is 0 Å². The molecule has 0 unspecified atom stereocenters. The van der Waals surface area contributed by atoms with Crippen molar-refractivity contribution in [1.82, 2.24) is 0 Å². The number of methoxy groups -OCH3 is 1. The molecule has 3 atom stereocenters. The number of halogens is 2. The molecule has 0 bridgehead atoms. The molecule has 7 heteroatoms. The third-order valence-corrected chi connectivity index (χ3v) is 5.71. The van der Waals surface area contributed by atoms with Crippen molar-refractivity contribution in [3.8, 4) is 5.75 Å². The van der Waals surface area contributed by atoms with Crippen molar-refractivity contribution < 1.29 is 9.66 Å². The van der Waals surface area contributed by atoms with Crippen LogP contribution in [0.2, 0.25) is 10.0 Å². The van der Waals surface area contributed by atoms with Gasteiger partial charge in [0.2, 0.25) is 0 Å². The van der Waals surface area contributed by atoms with E-state index in [1.807, 2.05) is 12.1 Å². The smallest absolute Gasteiger partial charge is 0.273 e. The number of non-ortho nitro benzene ring substituents is 1. The van der Waals surface area contributed by atoms with E-state index in [4.69, 9.17) is 27.9 Å². The molecule has 0 radical (unpaired) electrons. The second-order valence-electron chi connectivity index (χ2n) is 6.51. The highest BCUT2D eigenvalue weighted by Crippen LogP contribution is 2.54. The van der Waals surface area contributed by atoms with E-state index >= 15 is 0 Å². The first-order chi connectivity index (χ1) is 12.5. The fraction of sp³-hybridized carbons (Fsp3) is 0.263. The molecule has 4 rings (SSSR count). The molecule has 26 heavy (non-hydrogen) atoms. The van der Waals surface area contributed by atoms with Crippen molar-refractivity contribution in [1.29, 1.82) is 0 Å². The van der Waals surface area contributed by atoms with Crippen molar-refractivity contribution in [2.24, 2.45) is 5.92 Å². The summed E-state index contributed by atoms with van der Waals surface area (Å²) >= 11 is 12.5. The molecular formula is C19H16Cl2N2O3. The molecular weight excluding hydrogens is 375 g/mol. The summed E-state index contributed by atoms with van der Waals surface area (Å²) in [6, 6.07) is 8.54. The first-order valence-corrected chi connectivity index (χ1v) is 8.99. The zero-order valence-electron chi connectivity index (χ0n) is 13.9. The van der Waals surface area contributed by atoms with E-state index in [0.29, 0.717) is 15.8 Å². The van der Waals surface area contributed by atoms with E-state index < -0.39 is 4.92 Å². The van der Waals surface area contributed by atoms with E-state index in [1.165, 1.54) is 13.2 Å². The summed E-state index contributed by atoms with van der Waals surface area (Å²) in [6.07, 6.45) is 5.10. The van der Waals surface area contributed by atoms with Crippen LogP contribution in [-0.2, 0) is 0 Å². The Kier molecular flexibility index (Phi) is 4.29. The van der Waals surface area contributed by atoms with Gasteiger partial charge >= 0.3 is 0 Å². The first-order valence-electron chi connectivity index (χ1n) is 8.24. The Balaban J connectivity index is 1.86. The third-order valence-electron chi connectivity index (χ3n) is 5.15. The zero-order chi connectivity index (χ0) is 18.4. The fourth-order valence-corrected chi connectivity index (χ4v) is 4.51. The molecule has 2 aliphatic rings. The zero-order valence-corrected chi connectivity index (χ0v) is 15.4. The standard InChI is InChI=1S/C19H16Cl2N2O3/c1-26-17-9-11(23(24)25)8-15-12-3-2-4-13(12)18(22-19(15)17)14-6-5-10(20)7-16(14)21/h2-3,5-9,12-13,18,22H,4H2,1H3/t12-,13+,18+/m0/s1. The Morgan fingerprint density at radius 2 is 2.04 bits per heavy atom. The lowest BCUT2D eigenvalue weighted by Gasteiger charge is -2.38. The summed E-state index contributed by atoms with van der Waals surface area (Å²) in [4.78, 5) is 10.9. The van der Waals surface area contributed by atoms with Gasteiger partial charge in [-0.1, -0.05) is 41.4 Å². The number of nitrogens with zero attached hydrogens (tertiary/aromatic N) is 1. The number of nitro benzene ring substituents is 1. The molecule has 0 saturated heterocycles. The minimum Gasteiger partial charge on any atom is -0.494 e. The molecule has 0 saturated carbocycles. The highest BCUT2D eigenvalue weighted by Gasteiger charge is 2.40. The lowest BCUT2D eigenvalue weighted by Crippen LogP contribution is -2.29. The highest BCUT2D eigenvalue weighted by atomic mass is 35.5. The van der Waals surface area contributed by atoms with Gasteiger partial charge in [-0.25, -0.2) is 0 Å². The number of nitro groups is 1. The predicted molar refractivity (Wildman–Crippen MR) is 102 cm³/mol. The molecule has 2 aromatic rings. The minimum atomic E-state index is -0.390. The van der Waals surface area contributed by atoms with Crippen LogP contribution in [0.4, 0.5) is 11.4 Å². The maximum Gasteiger partial charge on any atom is 0.273 e. The molecule has 0 aromatic heterocycles. The summed E-state index contributed by atoms with van der Waals surface area (Å²) < 4.78 is 5.44. The van der Waals surface area contributed by atoms with Crippen LogP contribution in [0.15, 0.2) is 42.5 Å². The Labute approximate surface area is 160 Å². The molecule has 1 aliphatic carbocycles. The van der Waals surface area contributed by atoms with Crippen molar-refractivity contribution in [3.63, 3.8) is 0 Å². The highest BCUT2D eigenvalue weighted by molar-refractivity contribution is 6.35. The van der Waals surface area contributed by atoms with E-state index in [0.717, 1.165) is 23.2 Å². The Bertz CT molecular complexity index is 929. The average Bonchev–Trinajstić information content (AvgIpc) is 3.10. The molecule has 2 aromatic carbocycles. The normalized spacial score (nSPS) is 23.1. The van der Waals surface area contributed by atoms with E-state index in [2.05, 4.69) is 17.5 Å². The number of allylic oxidation sites excluding steroid dienone is 2. The molecule has 1 aliphatic heterocycles. The summed E-state index contributed by atoms with van der Waals surface area (Å²) in [5.41, 5.74) is 2.66. The van der Waals surface area contributed by atoms with Crippen LogP contribution in [0.5, 0.6) is 5.75 Å². The topological polar surface area (TPSA) is 64.4 Å². The summed E-state index contributed by atoms with van der Waals surface area (Å²) in [6.45, 7) is 0. The molecule has 134 valence electrons. The van der Waals surface area contributed by atoms with Crippen LogP contribution in [0.25, 0.3) is 0 Å². The Hall–Kier alpha value is -2.24. The van der Waals surface area contributed by atoms with Crippen molar-refractivity contribution >= 4 is 34.6 Å². The lowest BCUT2D eigenvalue weighted by molar-refractivity contribution is -0.385. The minimum absolute atomic E-state index is 0.0319. The number of benzene rings is 2. The van der Waals surface area contributed by atoms with Crippen molar-refractivity contribution in [3.05, 3.63) is 73.8 Å². The molecule has 1 N–H and O–H groups in total. The quantitative estimate of drug-likeness (QED) is 0.412. The van der Waals surface area contributed by atoms with Gasteiger partial charge in [-0.3, -0.25) is 10.1 Å². The van der Waals surface area contributed by atoms with Crippen LogP contribution in [0.1, 0.15) is 29.5 Å². The second kappa shape index (κ2) is 6.49. The predicted octanol–water partition coefficient (Wildman–Crippen LogP) is 5.74. The van der Waals surface area contributed by atoms with E-state index in [9.17, 15) is 10.1 Å². The SMILES string of the molecule is COc1cc([N+](=O)[O-])cc2c1N[C@@H](c1ccc(Cl)cc1Cl)[C@@H]1CC=C[C@H]21. The van der Waals surface area contributed by atoms with Gasteiger partial charge in [-0.05, 0) is 35.6 Å². The van der Waals surface area contributed by atoms with Gasteiger partial charge in [0.25, 0.3) is 5.69 Å². The number of anilines is 1. The summed E-state index contributed by atoms with van der Waals surface area (Å²) in [7, 11) is 1.52. The number of nitrogens with one attached hydrogen (secondary N) is 1.